The van der Waals surface area contributed by atoms with Gasteiger partial charge in [-0.1, -0.05) is 23.5 Å². The zero-order chi connectivity index (χ0) is 17.1. The molecule has 3 rings (SSSR count). The normalized spacial score (nSPS) is 10.6. The molecule has 0 atom stereocenters. The molecule has 1 amide bonds. The minimum Gasteiger partial charge on any atom is -0.497 e. The number of rotatable bonds is 5. The van der Waals surface area contributed by atoms with E-state index >= 15 is 0 Å². The molecule has 0 bridgehead atoms. The van der Waals surface area contributed by atoms with Gasteiger partial charge in [0.15, 0.2) is 5.69 Å². The molecular weight excluding hydrogens is 328 g/mol. The Morgan fingerprint density at radius 1 is 1.25 bits per heavy atom. The fraction of sp³-hybridized carbons (Fsp3) is 0.267. The smallest absolute Gasteiger partial charge is 0.279 e. The molecular formula is C15H16N6O2S. The molecule has 0 saturated heterocycles. The number of aryl methyl sites for hydroxylation is 1. The van der Waals surface area contributed by atoms with Gasteiger partial charge in [0.1, 0.15) is 10.8 Å². The molecule has 1 aromatic carbocycles. The van der Waals surface area contributed by atoms with Gasteiger partial charge in [-0.2, -0.15) is 0 Å². The Kier molecular flexibility index (Phi) is 4.52. The maximum absolute atomic E-state index is 12.4. The van der Waals surface area contributed by atoms with Crippen molar-refractivity contribution in [2.24, 2.45) is 0 Å². The van der Waals surface area contributed by atoms with Crippen LogP contribution in [-0.4, -0.2) is 38.2 Å². The number of ether oxygens (including phenoxy) is 1. The van der Waals surface area contributed by atoms with Crippen LogP contribution in [0.1, 0.15) is 28.1 Å². The van der Waals surface area contributed by atoms with Gasteiger partial charge in [0, 0.05) is 0 Å². The van der Waals surface area contributed by atoms with Crippen LogP contribution < -0.4 is 10.1 Å². The SMILES string of the molecule is CCc1nnc(NC(=O)c2nnn(-c3ccc(OC)cc3)c2C)s1. The molecule has 0 aliphatic heterocycles. The number of nitrogens with zero attached hydrogens (tertiary/aromatic N) is 5. The number of anilines is 1. The fourth-order valence-corrected chi connectivity index (χ4v) is 2.79. The molecule has 24 heavy (non-hydrogen) atoms. The van der Waals surface area contributed by atoms with Crippen LogP contribution in [-0.2, 0) is 6.42 Å². The van der Waals surface area contributed by atoms with Gasteiger partial charge in [0.2, 0.25) is 5.13 Å². The molecule has 0 radical (unpaired) electrons. The Labute approximate surface area is 142 Å². The van der Waals surface area contributed by atoms with E-state index in [1.807, 2.05) is 31.2 Å². The predicted octanol–water partition coefficient (Wildman–Crippen LogP) is 2.25. The first kappa shape index (κ1) is 16.1. The third-order valence-corrected chi connectivity index (χ3v) is 4.40. The molecule has 0 aliphatic rings. The third kappa shape index (κ3) is 3.11. The summed E-state index contributed by atoms with van der Waals surface area (Å²) in [5.74, 6) is 0.392. The summed E-state index contributed by atoms with van der Waals surface area (Å²) in [5, 5.41) is 20.0. The minimum absolute atomic E-state index is 0.249. The summed E-state index contributed by atoms with van der Waals surface area (Å²) in [7, 11) is 1.61. The van der Waals surface area contributed by atoms with Gasteiger partial charge in [0.25, 0.3) is 5.91 Å². The summed E-state index contributed by atoms with van der Waals surface area (Å²) in [6, 6.07) is 7.34. The van der Waals surface area contributed by atoms with Crippen LogP contribution >= 0.6 is 11.3 Å². The molecule has 2 aromatic heterocycles. The van der Waals surface area contributed by atoms with E-state index in [-0.39, 0.29) is 11.6 Å². The Bertz CT molecular complexity index is 855. The summed E-state index contributed by atoms with van der Waals surface area (Å²) in [6.45, 7) is 3.77. The highest BCUT2D eigenvalue weighted by molar-refractivity contribution is 7.15. The van der Waals surface area contributed by atoms with Gasteiger partial charge in [-0.25, -0.2) is 4.68 Å². The topological polar surface area (TPSA) is 94.8 Å². The molecule has 0 aliphatic carbocycles. The molecule has 0 spiro atoms. The Balaban J connectivity index is 1.81. The zero-order valence-electron chi connectivity index (χ0n) is 13.5. The molecule has 0 unspecified atom stereocenters. The van der Waals surface area contributed by atoms with E-state index < -0.39 is 0 Å². The highest BCUT2D eigenvalue weighted by Gasteiger charge is 2.19. The first-order valence-corrected chi connectivity index (χ1v) is 8.14. The summed E-state index contributed by atoms with van der Waals surface area (Å²) >= 11 is 1.35. The van der Waals surface area contributed by atoms with Crippen molar-refractivity contribution in [3.8, 4) is 11.4 Å². The number of carbonyl (C=O) groups is 1. The molecule has 1 N–H and O–H groups in total. The number of methoxy groups -OCH3 is 1. The van der Waals surface area contributed by atoms with Crippen LogP contribution in [0.5, 0.6) is 5.75 Å². The zero-order valence-corrected chi connectivity index (χ0v) is 14.3. The maximum atomic E-state index is 12.4. The average Bonchev–Trinajstić information content (AvgIpc) is 3.21. The van der Waals surface area contributed by atoms with E-state index in [4.69, 9.17) is 4.74 Å². The highest BCUT2D eigenvalue weighted by Crippen LogP contribution is 2.19. The first-order chi connectivity index (χ1) is 11.6. The molecule has 0 saturated carbocycles. The number of carbonyl (C=O) groups excluding carboxylic acids is 1. The Morgan fingerprint density at radius 2 is 2.00 bits per heavy atom. The predicted molar refractivity (Wildman–Crippen MR) is 89.9 cm³/mol. The number of amides is 1. The van der Waals surface area contributed by atoms with Gasteiger partial charge >= 0.3 is 0 Å². The standard InChI is InChI=1S/C15H16N6O2S/c1-4-12-17-19-15(24-12)16-14(22)13-9(2)21(20-18-13)10-5-7-11(23-3)8-6-10/h5-8H,4H2,1-3H3,(H,16,19,22). The van der Waals surface area contributed by atoms with Gasteiger partial charge < -0.3 is 4.74 Å². The van der Waals surface area contributed by atoms with Crippen molar-refractivity contribution in [2.45, 2.75) is 20.3 Å². The monoisotopic (exact) mass is 344 g/mol. The summed E-state index contributed by atoms with van der Waals surface area (Å²) in [4.78, 5) is 12.4. The van der Waals surface area contributed by atoms with Crippen LogP contribution in [0, 0.1) is 6.92 Å². The van der Waals surface area contributed by atoms with Crippen molar-refractivity contribution < 1.29 is 9.53 Å². The minimum atomic E-state index is -0.355. The number of benzene rings is 1. The lowest BCUT2D eigenvalue weighted by Crippen LogP contribution is -2.14. The lowest BCUT2D eigenvalue weighted by atomic mass is 10.2. The lowest BCUT2D eigenvalue weighted by molar-refractivity contribution is 0.102. The van der Waals surface area contributed by atoms with Gasteiger partial charge in [-0.05, 0) is 37.6 Å². The Morgan fingerprint density at radius 3 is 2.62 bits per heavy atom. The van der Waals surface area contributed by atoms with Crippen LogP contribution in [0.25, 0.3) is 5.69 Å². The van der Waals surface area contributed by atoms with Crippen molar-refractivity contribution in [1.82, 2.24) is 25.2 Å². The molecule has 9 heteroatoms. The van der Waals surface area contributed by atoms with Crippen molar-refractivity contribution in [3.63, 3.8) is 0 Å². The van der Waals surface area contributed by atoms with E-state index in [1.54, 1.807) is 18.7 Å². The summed E-state index contributed by atoms with van der Waals surface area (Å²) in [5.41, 5.74) is 1.68. The van der Waals surface area contributed by atoms with E-state index in [2.05, 4.69) is 25.8 Å². The van der Waals surface area contributed by atoms with Crippen LogP contribution in [0.15, 0.2) is 24.3 Å². The highest BCUT2D eigenvalue weighted by atomic mass is 32.1. The second kappa shape index (κ2) is 6.75. The quantitative estimate of drug-likeness (QED) is 0.763. The van der Waals surface area contributed by atoms with Crippen LogP contribution in [0.2, 0.25) is 0 Å². The van der Waals surface area contributed by atoms with E-state index in [0.29, 0.717) is 10.8 Å². The van der Waals surface area contributed by atoms with E-state index in [1.165, 1.54) is 11.3 Å². The number of hydrogen-bond acceptors (Lipinski definition) is 7. The van der Waals surface area contributed by atoms with Crippen molar-refractivity contribution in [2.75, 3.05) is 12.4 Å². The molecule has 3 aromatic rings. The van der Waals surface area contributed by atoms with Crippen LogP contribution in [0.3, 0.4) is 0 Å². The second-order valence-corrected chi connectivity index (χ2v) is 6.00. The lowest BCUT2D eigenvalue weighted by Gasteiger charge is -2.05. The van der Waals surface area contributed by atoms with Crippen molar-refractivity contribution in [1.29, 1.82) is 0 Å². The van der Waals surface area contributed by atoms with Gasteiger partial charge in [0.05, 0.1) is 18.5 Å². The fourth-order valence-electron chi connectivity index (χ4n) is 2.11. The average molecular weight is 344 g/mol. The number of hydrogen-bond donors (Lipinski definition) is 1. The number of nitrogens with one attached hydrogen (secondary N) is 1. The first-order valence-electron chi connectivity index (χ1n) is 7.32. The van der Waals surface area contributed by atoms with Gasteiger partial charge in [-0.15, -0.1) is 15.3 Å². The summed E-state index contributed by atoms with van der Waals surface area (Å²) < 4.78 is 6.74. The van der Waals surface area contributed by atoms with Crippen LogP contribution in [0.4, 0.5) is 5.13 Å². The molecule has 8 nitrogen and oxygen atoms in total. The molecule has 124 valence electrons. The van der Waals surface area contributed by atoms with E-state index in [0.717, 1.165) is 22.9 Å². The van der Waals surface area contributed by atoms with Crippen molar-refractivity contribution in [3.05, 3.63) is 40.7 Å². The molecule has 0 fully saturated rings. The van der Waals surface area contributed by atoms with Gasteiger partial charge in [-0.3, -0.25) is 10.1 Å². The van der Waals surface area contributed by atoms with Crippen molar-refractivity contribution >= 4 is 22.4 Å². The third-order valence-electron chi connectivity index (χ3n) is 3.42. The summed E-state index contributed by atoms with van der Waals surface area (Å²) in [6.07, 6.45) is 0.778. The number of aromatic nitrogens is 5. The Hall–Kier alpha value is -2.81. The molecule has 2 heterocycles. The van der Waals surface area contributed by atoms with E-state index in [9.17, 15) is 4.79 Å². The maximum Gasteiger partial charge on any atom is 0.279 e. The second-order valence-electron chi connectivity index (χ2n) is 4.94. The largest absolute Gasteiger partial charge is 0.497 e.